The van der Waals surface area contributed by atoms with E-state index in [9.17, 15) is 4.79 Å². The van der Waals surface area contributed by atoms with Crippen molar-refractivity contribution in [2.45, 2.75) is 19.4 Å². The van der Waals surface area contributed by atoms with Crippen LogP contribution in [0.2, 0.25) is 5.02 Å². The average Bonchev–Trinajstić information content (AvgIpc) is 2.67. The van der Waals surface area contributed by atoms with Crippen LogP contribution in [0, 0.1) is 0 Å². The molecule has 0 aromatic heterocycles. The van der Waals surface area contributed by atoms with Gasteiger partial charge in [-0.2, -0.15) is 0 Å². The molecule has 0 spiro atoms. The average molecular weight is 378 g/mol. The predicted octanol–water partition coefficient (Wildman–Crippen LogP) is 4.07. The molecule has 6 heteroatoms. The predicted molar refractivity (Wildman–Crippen MR) is 103 cm³/mol. The largest absolute Gasteiger partial charge is 0.493 e. The Hall–Kier alpha value is -2.40. The monoisotopic (exact) mass is 377 g/mol. The molecule has 0 aliphatic carbocycles. The fourth-order valence-corrected chi connectivity index (χ4v) is 2.83. The summed E-state index contributed by atoms with van der Waals surface area (Å²) in [6.45, 7) is 2.00. The Labute approximate surface area is 159 Å². The van der Waals surface area contributed by atoms with E-state index in [1.165, 1.54) is 21.3 Å². The molecular weight excluding hydrogens is 354 g/mol. The van der Waals surface area contributed by atoms with Crippen molar-refractivity contribution in [2.75, 3.05) is 28.4 Å². The minimum Gasteiger partial charge on any atom is -0.493 e. The van der Waals surface area contributed by atoms with Crippen LogP contribution in [0.3, 0.4) is 0 Å². The number of carbonyl (C=O) groups is 1. The van der Waals surface area contributed by atoms with Crippen LogP contribution in [0.5, 0.6) is 17.2 Å². The van der Waals surface area contributed by atoms with Crippen molar-refractivity contribution in [3.63, 3.8) is 0 Å². The minimum absolute atomic E-state index is 0.00256. The third kappa shape index (κ3) is 4.41. The summed E-state index contributed by atoms with van der Waals surface area (Å²) in [6.07, 6.45) is 0.726. The molecule has 0 saturated heterocycles. The van der Waals surface area contributed by atoms with Gasteiger partial charge in [0.25, 0.3) is 5.91 Å². The molecule has 26 heavy (non-hydrogen) atoms. The van der Waals surface area contributed by atoms with Crippen molar-refractivity contribution in [3.05, 3.63) is 52.5 Å². The molecule has 0 bridgehead atoms. The molecule has 1 atom stereocenters. The highest BCUT2D eigenvalue weighted by atomic mass is 35.5. The van der Waals surface area contributed by atoms with Gasteiger partial charge in [-0.1, -0.05) is 23.7 Å². The fourth-order valence-electron chi connectivity index (χ4n) is 2.71. The number of hydrogen-bond acceptors (Lipinski definition) is 4. The highest BCUT2D eigenvalue weighted by molar-refractivity contribution is 6.30. The van der Waals surface area contributed by atoms with E-state index in [4.69, 9.17) is 25.8 Å². The second-order valence-corrected chi connectivity index (χ2v) is 6.45. The van der Waals surface area contributed by atoms with Gasteiger partial charge in [0.2, 0.25) is 5.75 Å². The van der Waals surface area contributed by atoms with Gasteiger partial charge in [-0.15, -0.1) is 0 Å². The van der Waals surface area contributed by atoms with Crippen LogP contribution in [-0.4, -0.2) is 45.2 Å². The number of ether oxygens (including phenoxy) is 3. The van der Waals surface area contributed by atoms with E-state index < -0.39 is 0 Å². The molecule has 0 aliphatic heterocycles. The molecule has 0 N–H and O–H groups in total. The molecule has 140 valence electrons. The number of methoxy groups -OCH3 is 3. The van der Waals surface area contributed by atoms with Gasteiger partial charge in [-0.25, -0.2) is 0 Å². The third-order valence-corrected chi connectivity index (χ3v) is 4.59. The SMILES string of the molecule is COc1cc(C(=O)N(C)C(C)Cc2ccc(Cl)cc2)cc(OC)c1OC. The lowest BCUT2D eigenvalue weighted by Crippen LogP contribution is -2.36. The molecule has 5 nitrogen and oxygen atoms in total. The molecule has 0 heterocycles. The molecule has 2 aromatic rings. The Morgan fingerprint density at radius 3 is 2.04 bits per heavy atom. The van der Waals surface area contributed by atoms with E-state index in [0.717, 1.165) is 12.0 Å². The summed E-state index contributed by atoms with van der Waals surface area (Å²) in [7, 11) is 6.37. The summed E-state index contributed by atoms with van der Waals surface area (Å²) < 4.78 is 16.0. The van der Waals surface area contributed by atoms with Crippen molar-refractivity contribution >= 4 is 17.5 Å². The Kier molecular flexibility index (Phi) is 6.75. The first-order chi connectivity index (χ1) is 12.4. The zero-order valence-electron chi connectivity index (χ0n) is 15.7. The topological polar surface area (TPSA) is 48.0 Å². The number of halogens is 1. The van der Waals surface area contributed by atoms with Crippen LogP contribution in [-0.2, 0) is 6.42 Å². The zero-order valence-corrected chi connectivity index (χ0v) is 16.5. The van der Waals surface area contributed by atoms with E-state index in [1.54, 1.807) is 24.1 Å². The van der Waals surface area contributed by atoms with Crippen LogP contribution in [0.1, 0.15) is 22.8 Å². The quantitative estimate of drug-likeness (QED) is 0.729. The molecule has 2 rings (SSSR count). The Morgan fingerprint density at radius 1 is 1.04 bits per heavy atom. The summed E-state index contributed by atoms with van der Waals surface area (Å²) in [5.74, 6) is 1.25. The Bertz CT molecular complexity index is 736. The summed E-state index contributed by atoms with van der Waals surface area (Å²) in [5, 5.41) is 0.697. The van der Waals surface area contributed by atoms with Gasteiger partial charge in [0.15, 0.2) is 11.5 Å². The van der Waals surface area contributed by atoms with Crippen molar-refractivity contribution in [2.24, 2.45) is 0 Å². The molecule has 0 radical (unpaired) electrons. The van der Waals surface area contributed by atoms with Crippen LogP contribution in [0.15, 0.2) is 36.4 Å². The highest BCUT2D eigenvalue weighted by Crippen LogP contribution is 2.38. The molecule has 1 unspecified atom stereocenters. The van der Waals surface area contributed by atoms with Crippen molar-refractivity contribution < 1.29 is 19.0 Å². The van der Waals surface area contributed by atoms with Gasteiger partial charge in [0.05, 0.1) is 21.3 Å². The second kappa shape index (κ2) is 8.81. The van der Waals surface area contributed by atoms with Crippen LogP contribution < -0.4 is 14.2 Å². The summed E-state index contributed by atoms with van der Waals surface area (Å²) in [4.78, 5) is 14.6. The molecule has 2 aromatic carbocycles. The second-order valence-electron chi connectivity index (χ2n) is 6.01. The molecular formula is C20H24ClNO4. The lowest BCUT2D eigenvalue weighted by Gasteiger charge is -2.26. The van der Waals surface area contributed by atoms with Crippen molar-refractivity contribution in [1.82, 2.24) is 4.90 Å². The van der Waals surface area contributed by atoms with Gasteiger partial charge in [0, 0.05) is 23.7 Å². The van der Waals surface area contributed by atoms with Crippen LogP contribution in [0.4, 0.5) is 0 Å². The Morgan fingerprint density at radius 2 is 1.58 bits per heavy atom. The molecule has 0 saturated carbocycles. The van der Waals surface area contributed by atoms with Gasteiger partial charge >= 0.3 is 0 Å². The number of carbonyl (C=O) groups excluding carboxylic acids is 1. The first-order valence-corrected chi connectivity index (χ1v) is 8.60. The highest BCUT2D eigenvalue weighted by Gasteiger charge is 2.22. The summed E-state index contributed by atoms with van der Waals surface area (Å²) in [5.41, 5.74) is 1.59. The number of likely N-dealkylation sites (N-methyl/N-ethyl adjacent to an activating group) is 1. The fraction of sp³-hybridized carbons (Fsp3) is 0.350. The van der Waals surface area contributed by atoms with Crippen LogP contribution >= 0.6 is 11.6 Å². The van der Waals surface area contributed by atoms with E-state index in [2.05, 4.69) is 0 Å². The van der Waals surface area contributed by atoms with Gasteiger partial charge in [-0.05, 0) is 43.2 Å². The lowest BCUT2D eigenvalue weighted by molar-refractivity contribution is 0.0742. The number of amides is 1. The third-order valence-electron chi connectivity index (χ3n) is 4.34. The van der Waals surface area contributed by atoms with Gasteiger partial charge in [-0.3, -0.25) is 4.79 Å². The lowest BCUT2D eigenvalue weighted by atomic mass is 10.1. The molecule has 0 aliphatic rings. The number of benzene rings is 2. The van der Waals surface area contributed by atoms with Gasteiger partial charge < -0.3 is 19.1 Å². The maximum atomic E-state index is 12.9. The normalized spacial score (nSPS) is 11.6. The maximum Gasteiger partial charge on any atom is 0.254 e. The summed E-state index contributed by atoms with van der Waals surface area (Å²) >= 11 is 5.92. The molecule has 1 amide bonds. The van der Waals surface area contributed by atoms with Crippen molar-refractivity contribution in [3.8, 4) is 17.2 Å². The molecule has 0 fully saturated rings. The first-order valence-electron chi connectivity index (χ1n) is 8.22. The zero-order chi connectivity index (χ0) is 19.3. The number of nitrogens with zero attached hydrogens (tertiary/aromatic N) is 1. The number of hydrogen-bond donors (Lipinski definition) is 0. The van der Waals surface area contributed by atoms with E-state index in [0.29, 0.717) is 27.8 Å². The van der Waals surface area contributed by atoms with E-state index in [1.807, 2.05) is 31.2 Å². The van der Waals surface area contributed by atoms with Gasteiger partial charge in [0.1, 0.15) is 0 Å². The van der Waals surface area contributed by atoms with E-state index in [-0.39, 0.29) is 11.9 Å². The standard InChI is InChI=1S/C20H24ClNO4/c1-13(10-14-6-8-16(21)9-7-14)22(2)20(23)15-11-17(24-3)19(26-5)18(12-15)25-4/h6-9,11-13H,10H2,1-5H3. The Balaban J connectivity index is 2.22. The number of rotatable bonds is 7. The maximum absolute atomic E-state index is 12.9. The summed E-state index contributed by atoms with van der Waals surface area (Å²) in [6, 6.07) is 11.0. The van der Waals surface area contributed by atoms with Crippen molar-refractivity contribution in [1.29, 1.82) is 0 Å². The first kappa shape index (κ1) is 19.9. The minimum atomic E-state index is -0.120. The smallest absolute Gasteiger partial charge is 0.254 e. The van der Waals surface area contributed by atoms with Crippen LogP contribution in [0.25, 0.3) is 0 Å². The van der Waals surface area contributed by atoms with E-state index >= 15 is 0 Å².